The number of aryl methyl sites for hydroxylation is 2. The van der Waals surface area contributed by atoms with Gasteiger partial charge in [-0.1, -0.05) is 0 Å². The summed E-state index contributed by atoms with van der Waals surface area (Å²) >= 11 is 0. The molecule has 0 radical (unpaired) electrons. The maximum atomic E-state index is 4.64. The van der Waals surface area contributed by atoms with Crippen LogP contribution < -0.4 is 0 Å². The quantitative estimate of drug-likeness (QED) is 0.234. The van der Waals surface area contributed by atoms with Crippen molar-refractivity contribution in [2.75, 3.05) is 0 Å². The van der Waals surface area contributed by atoms with Crippen molar-refractivity contribution in [3.8, 4) is 0 Å². The van der Waals surface area contributed by atoms with E-state index in [-0.39, 0.29) is 20.1 Å². The van der Waals surface area contributed by atoms with Gasteiger partial charge < -0.3 is 22.8 Å². The minimum Gasteiger partial charge on any atom is -0.466 e. The molecule has 0 aliphatic carbocycles. The monoisotopic (exact) mass is 671 g/mol. The van der Waals surface area contributed by atoms with Crippen LogP contribution in [0, 0.1) is 18.6 Å². The van der Waals surface area contributed by atoms with Crippen molar-refractivity contribution < 1.29 is 20.1 Å². The van der Waals surface area contributed by atoms with E-state index in [0.717, 1.165) is 42.7 Å². The second kappa shape index (κ2) is 12.4. The van der Waals surface area contributed by atoms with Crippen LogP contribution in [0.3, 0.4) is 0 Å². The van der Waals surface area contributed by atoms with E-state index in [1.165, 1.54) is 0 Å². The van der Waals surface area contributed by atoms with Crippen LogP contribution in [-0.2, 0) is 60.4 Å². The Morgan fingerprint density at radius 1 is 0.622 bits per heavy atom. The fourth-order valence-corrected chi connectivity index (χ4v) is 3.91. The molecular formula is C27H28IrN9. The van der Waals surface area contributed by atoms with Crippen molar-refractivity contribution in [3.05, 3.63) is 127 Å². The number of imidazole rings is 2. The van der Waals surface area contributed by atoms with Gasteiger partial charge in [0.1, 0.15) is 11.6 Å². The fraction of sp³-hybridized carbons (Fsp3) is 0.222. The molecule has 0 atom stereocenters. The van der Waals surface area contributed by atoms with E-state index in [2.05, 4.69) is 44.4 Å². The molecule has 6 rings (SSSR count). The normalized spacial score (nSPS) is 10.6. The third-order valence-corrected chi connectivity index (χ3v) is 5.69. The van der Waals surface area contributed by atoms with E-state index in [1.54, 1.807) is 6.20 Å². The summed E-state index contributed by atoms with van der Waals surface area (Å²) in [6, 6.07) is 13.5. The van der Waals surface area contributed by atoms with Crippen LogP contribution in [0.4, 0.5) is 0 Å². The number of rotatable bonds is 8. The zero-order valence-corrected chi connectivity index (χ0v) is 23.2. The Morgan fingerprint density at radius 3 is 1.54 bits per heavy atom. The minimum atomic E-state index is 0. The molecule has 9 nitrogen and oxygen atoms in total. The molecule has 0 N–H and O–H groups in total. The predicted octanol–water partition coefficient (Wildman–Crippen LogP) is 3.03. The van der Waals surface area contributed by atoms with Gasteiger partial charge in [0.15, 0.2) is 0 Å². The zero-order valence-electron chi connectivity index (χ0n) is 20.8. The largest absolute Gasteiger partial charge is 3.00 e. The summed E-state index contributed by atoms with van der Waals surface area (Å²) in [5.41, 5.74) is 2.08. The second-order valence-electron chi connectivity index (χ2n) is 8.52. The molecule has 0 fully saturated rings. The third kappa shape index (κ3) is 7.09. The molecule has 0 saturated carbocycles. The molecule has 10 heteroatoms. The van der Waals surface area contributed by atoms with Crippen LogP contribution in [0.2, 0.25) is 0 Å². The molecule has 6 heterocycles. The van der Waals surface area contributed by atoms with Gasteiger partial charge in [-0.25, -0.2) is 9.97 Å². The first-order valence-electron chi connectivity index (χ1n) is 11.7. The summed E-state index contributed by atoms with van der Waals surface area (Å²) in [5, 5.41) is 4.19. The summed E-state index contributed by atoms with van der Waals surface area (Å²) in [5.74, 6) is 2.03. The maximum absolute atomic E-state index is 4.64. The molecule has 0 aromatic carbocycles. The van der Waals surface area contributed by atoms with E-state index >= 15 is 0 Å². The summed E-state index contributed by atoms with van der Waals surface area (Å²) < 4.78 is 11.9. The molecule has 6 aromatic rings. The Morgan fingerprint density at radius 2 is 1.11 bits per heavy atom. The zero-order chi connectivity index (χ0) is 24.7. The Kier molecular flexibility index (Phi) is 8.76. The average molecular weight is 671 g/mol. The molecule has 0 aliphatic heterocycles. The molecule has 0 amide bonds. The van der Waals surface area contributed by atoms with Crippen LogP contribution >= 0.6 is 0 Å². The van der Waals surface area contributed by atoms with Crippen LogP contribution in [0.25, 0.3) is 0 Å². The molecule has 37 heavy (non-hydrogen) atoms. The Labute approximate surface area is 230 Å². The Hall–Kier alpha value is -3.88. The van der Waals surface area contributed by atoms with E-state index in [0.29, 0.717) is 6.54 Å². The molecule has 0 saturated heterocycles. The Bertz CT molecular complexity index is 1330. The van der Waals surface area contributed by atoms with Gasteiger partial charge in [0.05, 0.1) is 24.5 Å². The molecule has 0 bridgehead atoms. The number of aromatic nitrogens is 9. The van der Waals surface area contributed by atoms with Crippen molar-refractivity contribution in [2.45, 2.75) is 26.2 Å². The topological polar surface area (TPSA) is 68.2 Å². The fourth-order valence-electron chi connectivity index (χ4n) is 3.91. The van der Waals surface area contributed by atoms with Gasteiger partial charge in [0.25, 0.3) is 0 Å². The molecular weight excluding hydrogens is 643 g/mol. The summed E-state index contributed by atoms with van der Waals surface area (Å²) in [6.07, 6.45) is 23.1. The van der Waals surface area contributed by atoms with Gasteiger partial charge in [-0.15, -0.1) is 37.2 Å². The number of nitrogens with zero attached hydrogens (tertiary/aromatic N) is 9. The Balaban J connectivity index is 0.000000168. The van der Waals surface area contributed by atoms with Gasteiger partial charge in [-0.2, -0.15) is 41.5 Å². The van der Waals surface area contributed by atoms with Crippen molar-refractivity contribution in [1.82, 2.24) is 42.6 Å². The van der Waals surface area contributed by atoms with Gasteiger partial charge in [-0.05, 0) is 6.07 Å². The van der Waals surface area contributed by atoms with E-state index < -0.39 is 0 Å². The summed E-state index contributed by atoms with van der Waals surface area (Å²) in [7, 11) is 4.03. The van der Waals surface area contributed by atoms with Gasteiger partial charge in [0.2, 0.25) is 0 Å². The van der Waals surface area contributed by atoms with E-state index in [1.807, 2.05) is 110 Å². The first-order chi connectivity index (χ1) is 17.6. The molecule has 0 spiro atoms. The van der Waals surface area contributed by atoms with Crippen molar-refractivity contribution in [3.63, 3.8) is 0 Å². The maximum Gasteiger partial charge on any atom is 3.00 e. The van der Waals surface area contributed by atoms with Crippen LogP contribution in [0.15, 0.2) is 85.8 Å². The molecule has 0 unspecified atom stereocenters. The average Bonchev–Trinajstić information content (AvgIpc) is 3.67. The van der Waals surface area contributed by atoms with Crippen molar-refractivity contribution >= 4 is 0 Å². The number of hydrogen-bond donors (Lipinski definition) is 0. The van der Waals surface area contributed by atoms with Crippen LogP contribution in [-0.4, -0.2) is 42.6 Å². The molecule has 0 aliphatic rings. The summed E-state index contributed by atoms with van der Waals surface area (Å²) in [4.78, 5) is 9.26. The van der Waals surface area contributed by atoms with E-state index in [4.69, 9.17) is 0 Å². The smallest absolute Gasteiger partial charge is 0.466 e. The molecule has 190 valence electrons. The number of hydrogen-bond acceptors (Lipinski definition) is 3. The van der Waals surface area contributed by atoms with Gasteiger partial charge in [-0.3, -0.25) is 4.68 Å². The van der Waals surface area contributed by atoms with Gasteiger partial charge >= 0.3 is 20.1 Å². The predicted molar refractivity (Wildman–Crippen MR) is 135 cm³/mol. The first kappa shape index (κ1) is 26.2. The first-order valence-corrected chi connectivity index (χ1v) is 11.7. The minimum absolute atomic E-state index is 0. The van der Waals surface area contributed by atoms with Crippen molar-refractivity contribution in [1.29, 1.82) is 0 Å². The third-order valence-electron chi connectivity index (χ3n) is 5.69. The SMILES string of the molecule is Cn1cc(Cn2[c-]ccc2)nc1Cn1[c-]ccc1.Cn1cc(Cn2[c-]ccc2)nc1Cn1cccn1.[Ir+3]. The van der Waals surface area contributed by atoms with Gasteiger partial charge in [0, 0.05) is 52.0 Å². The molecule has 6 aromatic heterocycles. The van der Waals surface area contributed by atoms with Crippen molar-refractivity contribution in [2.24, 2.45) is 14.1 Å². The van der Waals surface area contributed by atoms with E-state index in [9.17, 15) is 0 Å². The second-order valence-corrected chi connectivity index (χ2v) is 8.52. The standard InChI is InChI=1S/C14H14N4.C13H14N5.Ir/c1-16-10-13(11-17-6-2-3-7-17)15-14(16)12-18-8-4-5-9-18;1-16-9-12(10-17-6-2-3-7-17)15-13(16)11-18-8-4-5-14-18;/h2-6,8,10H,11-12H2,1H3;2-6,8-9H,10-11H2,1H3;/q-2;-1;+3. The van der Waals surface area contributed by atoms with Crippen LogP contribution in [0.5, 0.6) is 0 Å². The van der Waals surface area contributed by atoms with Crippen LogP contribution in [0.1, 0.15) is 23.0 Å². The summed E-state index contributed by atoms with van der Waals surface area (Å²) in [6.45, 7) is 2.95.